The Hall–Kier alpha value is -9.26. The van der Waals surface area contributed by atoms with Gasteiger partial charge in [0.15, 0.2) is 0 Å². The summed E-state index contributed by atoms with van der Waals surface area (Å²) < 4.78 is 114. The van der Waals surface area contributed by atoms with Crippen molar-refractivity contribution < 1.29 is 115 Å². The third-order valence-electron chi connectivity index (χ3n) is 19.2. The number of hydrogen-bond donors (Lipinski definition) is 4. The molecule has 7 heterocycles. The zero-order valence-electron chi connectivity index (χ0n) is 72.5. The summed E-state index contributed by atoms with van der Waals surface area (Å²) in [5, 5.41) is 39.5. The highest BCUT2D eigenvalue weighted by atomic mass is 32.2. The van der Waals surface area contributed by atoms with Gasteiger partial charge in [-0.15, -0.1) is 81.1 Å². The molecule has 133 heavy (non-hydrogen) atoms. The Kier molecular flexibility index (Phi) is 42.8. The molecule has 6 aromatic carbocycles. The lowest BCUT2D eigenvalue weighted by atomic mass is 9.98. The smallest absolute Gasteiger partial charge is 0.313 e. The predicted molar refractivity (Wildman–Crippen MR) is 523 cm³/mol. The molecule has 0 saturated carbocycles. The molecule has 0 saturated heterocycles. The highest BCUT2D eigenvalue weighted by molar-refractivity contribution is 8.00. The standard InChI is InChI=1S/C92H100N8O24S9/c101-73(102)57-125-53-47-117-35-31-109-23-27-113-39-43-121-65-13-5-61(6-14-65)81-83(63-9-17-67(18-10-63)123-45-41-115-29-25-111-33-37-119-49-55-127-59-75(105)106)95-87-79(91-89(97-132-99-91)77(85(87)93-81)69-3-1-51-129-69)71-21-22-72(131-71)80-88-86(78(70-4-2-52-130-70)90-92(80)100-133-98-90)94-82(62-7-15-66(16-8-62)122-44-40-114-28-24-110-32-36-118-48-54-126-58-74(103)104)84(96-88)64-11-19-68(20-12-64)124-46-42-116-30-26-112-34-38-120-50-56-128-60-76(107)108/h1-22,51-52H,23-50,53-60H2,(H,101,102)(H,103,104)(H,105,106)(H,107,108). The third kappa shape index (κ3) is 31.7. The minimum atomic E-state index is -0.851. The van der Waals surface area contributed by atoms with E-state index in [9.17, 15) is 19.2 Å². The average molecular weight is 1990 g/mol. The number of nitrogens with zero attached hydrogens (tertiary/aromatic N) is 8. The van der Waals surface area contributed by atoms with Crippen LogP contribution in [0.1, 0.15) is 0 Å². The maximum absolute atomic E-state index is 10.8. The Morgan fingerprint density at radius 1 is 0.248 bits per heavy atom. The number of fused-ring (bicyclic) bond motifs is 4. The monoisotopic (exact) mass is 1990 g/mol. The van der Waals surface area contributed by atoms with Crippen LogP contribution in [0.2, 0.25) is 0 Å². The molecular formula is C92H100N8O24S9. The summed E-state index contributed by atoms with van der Waals surface area (Å²) in [7, 11) is 0. The van der Waals surface area contributed by atoms with Crippen molar-refractivity contribution in [2.24, 2.45) is 0 Å². The molecule has 0 spiro atoms. The van der Waals surface area contributed by atoms with E-state index in [1.807, 2.05) is 120 Å². The highest BCUT2D eigenvalue weighted by Gasteiger charge is 2.31. The number of hydrogen-bond acceptors (Lipinski definition) is 37. The number of thiophene rings is 3. The minimum absolute atomic E-state index is 0.0395. The van der Waals surface area contributed by atoms with Gasteiger partial charge in [-0.25, -0.2) is 19.9 Å². The number of carboxylic acids is 4. The van der Waals surface area contributed by atoms with Crippen LogP contribution in [0.15, 0.2) is 144 Å². The van der Waals surface area contributed by atoms with Crippen LogP contribution in [-0.4, -0.2) is 313 Å². The van der Waals surface area contributed by atoms with Crippen molar-refractivity contribution >= 4 is 173 Å². The van der Waals surface area contributed by atoms with E-state index in [-0.39, 0.29) is 49.4 Å². The van der Waals surface area contributed by atoms with Crippen LogP contribution in [0.5, 0.6) is 23.0 Å². The second-order valence-electron chi connectivity index (χ2n) is 28.4. The molecule has 13 rings (SSSR count). The predicted octanol–water partition coefficient (Wildman–Crippen LogP) is 16.1. The van der Waals surface area contributed by atoms with Gasteiger partial charge in [0.05, 0.1) is 228 Å². The first-order chi connectivity index (χ1) is 65.4. The van der Waals surface area contributed by atoms with Gasteiger partial charge in [0.2, 0.25) is 0 Å². The van der Waals surface area contributed by atoms with Gasteiger partial charge < -0.3 is 96.2 Å². The molecule has 41 heteroatoms. The molecule has 0 atom stereocenters. The van der Waals surface area contributed by atoms with Crippen LogP contribution in [0, 0.1) is 0 Å². The van der Waals surface area contributed by atoms with Crippen molar-refractivity contribution in [1.29, 1.82) is 0 Å². The van der Waals surface area contributed by atoms with E-state index in [0.717, 1.165) is 87.5 Å². The Morgan fingerprint density at radius 2 is 0.459 bits per heavy atom. The highest BCUT2D eigenvalue weighted by Crippen LogP contribution is 2.51. The van der Waals surface area contributed by atoms with Gasteiger partial charge in [0.1, 0.15) is 93.6 Å². The van der Waals surface area contributed by atoms with E-state index in [1.54, 1.807) is 34.0 Å². The van der Waals surface area contributed by atoms with Crippen molar-refractivity contribution in [3.8, 4) is 110 Å². The van der Waals surface area contributed by atoms with E-state index in [4.69, 9.17) is 134 Å². The zero-order chi connectivity index (χ0) is 92.2. The SMILES string of the molecule is O=C(O)CSCCOCCOCCOCCOc1ccc(-c2nc3c(-c4cccs4)c4nsnc4c(-c4ccc(-c5c6nsnc6c(-c6cccs6)c6nc(-c7ccc(OCCOCCOCCOCCSCC(=O)O)cc7)c(-c7ccc(OCCOCCOCCOCCSCC(=O)O)cc7)nc56)s4)c3nc2-c2ccc(OCCOCCOCCOCCSCC(=O)O)cc2)cc1. The second kappa shape index (κ2) is 56.3. The molecule has 706 valence electrons. The van der Waals surface area contributed by atoms with E-state index < -0.39 is 23.9 Å². The Labute approximate surface area is 804 Å². The van der Waals surface area contributed by atoms with Crippen molar-refractivity contribution in [1.82, 2.24) is 37.4 Å². The molecule has 32 nitrogen and oxygen atoms in total. The van der Waals surface area contributed by atoms with Gasteiger partial charge in [-0.1, -0.05) is 12.1 Å². The Balaban J connectivity index is 0.798. The molecule has 0 unspecified atom stereocenters. The third-order valence-corrected chi connectivity index (χ3v) is 26.7. The van der Waals surface area contributed by atoms with Crippen molar-refractivity contribution in [3.05, 3.63) is 144 Å². The molecule has 0 aliphatic heterocycles. The lowest BCUT2D eigenvalue weighted by molar-refractivity contribution is -0.134. The van der Waals surface area contributed by atoms with Gasteiger partial charge in [-0.2, -0.15) is 17.5 Å². The molecule has 13 aromatic rings. The second-order valence-corrected chi connectivity index (χ2v) is 36.9. The minimum Gasteiger partial charge on any atom is -0.491 e. The molecule has 0 radical (unpaired) electrons. The maximum Gasteiger partial charge on any atom is 0.313 e. The first-order valence-electron chi connectivity index (χ1n) is 42.6. The summed E-state index contributed by atoms with van der Waals surface area (Å²) in [5.41, 5.74) is 13.5. The van der Waals surface area contributed by atoms with Gasteiger partial charge in [0.25, 0.3) is 0 Å². The summed E-state index contributed by atoms with van der Waals surface area (Å²) in [5.74, 6) is 1.60. The van der Waals surface area contributed by atoms with Crippen molar-refractivity contribution in [3.63, 3.8) is 0 Å². The molecule has 0 bridgehead atoms. The number of carbonyl (C=O) groups is 4. The van der Waals surface area contributed by atoms with Crippen LogP contribution < -0.4 is 18.9 Å². The van der Waals surface area contributed by atoms with E-state index in [2.05, 4.69) is 24.3 Å². The van der Waals surface area contributed by atoms with Crippen LogP contribution in [0.25, 0.3) is 131 Å². The fraction of sp³-hybridized carbons (Fsp3) is 0.391. The van der Waals surface area contributed by atoms with E-state index in [1.165, 1.54) is 47.0 Å². The average Bonchev–Trinajstić information content (AvgIpc) is 1.62. The fourth-order valence-electron chi connectivity index (χ4n) is 13.2. The molecule has 0 aliphatic carbocycles. The summed E-state index contributed by atoms with van der Waals surface area (Å²) in [6, 6.07) is 43.4. The quantitative estimate of drug-likeness (QED) is 0.0257. The van der Waals surface area contributed by atoms with Crippen LogP contribution in [-0.2, 0) is 76.0 Å². The largest absolute Gasteiger partial charge is 0.491 e. The normalized spacial score (nSPS) is 11.6. The number of aromatic nitrogens is 8. The molecule has 0 fully saturated rings. The number of rotatable bonds is 68. The number of aliphatic carboxylic acids is 4. The first-order valence-corrected chi connectivity index (χ1v) is 51.3. The molecular weight excluding hydrogens is 1890 g/mol. The Morgan fingerprint density at radius 3 is 0.669 bits per heavy atom. The number of carboxylic acid groups (broad SMARTS) is 4. The maximum atomic E-state index is 10.8. The van der Waals surface area contributed by atoms with Crippen molar-refractivity contribution in [2.45, 2.75) is 0 Å². The van der Waals surface area contributed by atoms with Gasteiger partial charge in [-0.3, -0.25) is 19.2 Å². The lowest BCUT2D eigenvalue weighted by Gasteiger charge is -2.16. The fourth-order valence-corrected chi connectivity index (χ4v) is 19.2. The van der Waals surface area contributed by atoms with Gasteiger partial charge in [-0.05, 0) is 132 Å². The molecule has 0 aliphatic rings. The summed E-state index contributed by atoms with van der Waals surface area (Å²) in [4.78, 5) is 69.8. The summed E-state index contributed by atoms with van der Waals surface area (Å²) >= 11 is 12.1. The topological polar surface area (TPSA) is 400 Å². The van der Waals surface area contributed by atoms with E-state index >= 15 is 0 Å². The lowest BCUT2D eigenvalue weighted by Crippen LogP contribution is -2.13. The van der Waals surface area contributed by atoms with Crippen LogP contribution >= 0.6 is 105 Å². The number of benzene rings is 6. The van der Waals surface area contributed by atoms with Crippen LogP contribution in [0.4, 0.5) is 0 Å². The van der Waals surface area contributed by atoms with Crippen molar-refractivity contribution in [2.75, 3.05) is 231 Å². The number of thioether (sulfide) groups is 4. The summed E-state index contributed by atoms with van der Waals surface area (Å²) in [6.45, 7) is 10.2. The first kappa shape index (κ1) is 101. The number of ether oxygens (including phenoxy) is 16. The zero-order valence-corrected chi connectivity index (χ0v) is 79.9. The molecule has 4 N–H and O–H groups in total. The molecule has 0 amide bonds. The Bertz CT molecular complexity index is 5390. The van der Waals surface area contributed by atoms with Gasteiger partial charge in [0, 0.05) is 87.0 Å². The van der Waals surface area contributed by atoms with Crippen LogP contribution in [0.3, 0.4) is 0 Å². The van der Waals surface area contributed by atoms with Gasteiger partial charge >= 0.3 is 23.9 Å². The summed E-state index contributed by atoms with van der Waals surface area (Å²) in [6.07, 6.45) is 0. The van der Waals surface area contributed by atoms with E-state index in [0.29, 0.717) is 271 Å². The molecule has 7 aromatic heterocycles.